The summed E-state index contributed by atoms with van der Waals surface area (Å²) in [7, 11) is 0. The maximum Gasteiger partial charge on any atom is 0.341 e. The number of hydrogen-bond acceptors (Lipinski definition) is 7. The number of anilines is 1. The van der Waals surface area contributed by atoms with Crippen LogP contribution in [0.4, 0.5) is 10.5 Å². The Morgan fingerprint density at radius 3 is 2.53 bits per heavy atom. The number of carbonyl (C=O) groups excluding carboxylic acids is 1. The van der Waals surface area contributed by atoms with Gasteiger partial charge in [-0.25, -0.2) is 4.79 Å². The van der Waals surface area contributed by atoms with Crippen LogP contribution in [0.15, 0.2) is 60.7 Å². The summed E-state index contributed by atoms with van der Waals surface area (Å²) in [5.74, 6) is 0.633. The Labute approximate surface area is 172 Å². The van der Waals surface area contributed by atoms with Gasteiger partial charge in [0.15, 0.2) is 0 Å². The molecule has 0 spiro atoms. The van der Waals surface area contributed by atoms with Gasteiger partial charge in [0.05, 0.1) is 19.3 Å². The van der Waals surface area contributed by atoms with E-state index in [1.807, 2.05) is 60.7 Å². The third-order valence-electron chi connectivity index (χ3n) is 5.10. The largest absolute Gasteiger partial charge is 0.423 e. The second-order valence-electron chi connectivity index (χ2n) is 7.06. The van der Waals surface area contributed by atoms with E-state index in [4.69, 9.17) is 14.2 Å². The second-order valence-corrected chi connectivity index (χ2v) is 7.06. The fraction of sp³-hybridized carbons (Fsp3) is 0.300. The van der Waals surface area contributed by atoms with Gasteiger partial charge in [0, 0.05) is 5.69 Å². The number of benzene rings is 2. The van der Waals surface area contributed by atoms with Crippen molar-refractivity contribution in [2.24, 2.45) is 0 Å². The van der Waals surface area contributed by atoms with E-state index in [0.29, 0.717) is 24.7 Å². The molecule has 1 aromatic heterocycles. The van der Waals surface area contributed by atoms with Crippen molar-refractivity contribution in [1.29, 1.82) is 0 Å². The minimum absolute atomic E-state index is 0.257. The first-order valence-corrected chi connectivity index (χ1v) is 9.64. The molecule has 2 amide bonds. The second kappa shape index (κ2) is 8.09. The summed E-state index contributed by atoms with van der Waals surface area (Å²) in [5.41, 5.74) is 0.715. The summed E-state index contributed by atoms with van der Waals surface area (Å²) in [6.07, 6.45) is -0.598. The van der Waals surface area contributed by atoms with E-state index >= 15 is 0 Å². The van der Waals surface area contributed by atoms with Gasteiger partial charge in [-0.1, -0.05) is 41.5 Å². The lowest BCUT2D eigenvalue weighted by atomic mass is 10.1. The van der Waals surface area contributed by atoms with Gasteiger partial charge in [-0.2, -0.15) is 4.68 Å². The number of amides is 2. The van der Waals surface area contributed by atoms with E-state index in [9.17, 15) is 4.79 Å². The Balaban J connectivity index is 1.24. The molecule has 3 heterocycles. The van der Waals surface area contributed by atoms with Crippen molar-refractivity contribution < 1.29 is 19.0 Å². The molecule has 3 aromatic rings. The molecule has 30 heavy (non-hydrogen) atoms. The number of nitrogens with zero attached hydrogens (tertiary/aromatic N) is 4. The summed E-state index contributed by atoms with van der Waals surface area (Å²) < 4.78 is 19.3. The molecule has 2 aliphatic heterocycles. The minimum Gasteiger partial charge on any atom is -0.423 e. The Bertz CT molecular complexity index is 999. The quantitative estimate of drug-likeness (QED) is 0.664. The average molecular weight is 408 g/mol. The lowest BCUT2D eigenvalue weighted by Crippen LogP contribution is -2.45. The minimum atomic E-state index is -0.307. The number of urea groups is 1. The van der Waals surface area contributed by atoms with Crippen LogP contribution < -0.4 is 15.4 Å². The van der Waals surface area contributed by atoms with Gasteiger partial charge in [0.1, 0.15) is 24.0 Å². The highest BCUT2D eigenvalue weighted by molar-refractivity contribution is 5.89. The van der Waals surface area contributed by atoms with Crippen LogP contribution in [0, 0.1) is 0 Å². The molecule has 0 radical (unpaired) electrons. The maximum absolute atomic E-state index is 12.3. The van der Waals surface area contributed by atoms with E-state index in [1.165, 1.54) is 0 Å². The molecule has 2 aromatic carbocycles. The molecule has 2 aliphatic rings. The van der Waals surface area contributed by atoms with Crippen LogP contribution in [0.25, 0.3) is 0 Å². The molecule has 0 unspecified atom stereocenters. The topological polar surface area (TPSA) is 112 Å². The Morgan fingerprint density at radius 2 is 1.73 bits per heavy atom. The van der Waals surface area contributed by atoms with E-state index in [1.54, 1.807) is 4.68 Å². The molecular formula is C20H20N6O4. The molecule has 0 saturated carbocycles. The van der Waals surface area contributed by atoms with Crippen LogP contribution in [0.1, 0.15) is 6.04 Å². The molecular weight excluding hydrogens is 388 g/mol. The number of fused-ring (bicyclic) bond motifs is 1. The Kier molecular flexibility index (Phi) is 4.99. The van der Waals surface area contributed by atoms with Gasteiger partial charge < -0.3 is 24.8 Å². The molecule has 0 bridgehead atoms. The fourth-order valence-corrected chi connectivity index (χ4v) is 3.72. The predicted octanol–water partition coefficient (Wildman–Crippen LogP) is 1.99. The fourth-order valence-electron chi connectivity index (χ4n) is 3.72. The van der Waals surface area contributed by atoms with Crippen LogP contribution in [0.3, 0.4) is 0 Å². The van der Waals surface area contributed by atoms with Crippen LogP contribution in [-0.2, 0) is 9.47 Å². The number of tetrazole rings is 1. The molecule has 2 N–H and O–H groups in total. The third-order valence-corrected chi connectivity index (χ3v) is 5.10. The monoisotopic (exact) mass is 408 g/mol. The van der Waals surface area contributed by atoms with E-state index in [0.717, 1.165) is 0 Å². The first-order chi connectivity index (χ1) is 14.8. The van der Waals surface area contributed by atoms with Crippen LogP contribution in [0.2, 0.25) is 0 Å². The maximum atomic E-state index is 12.3. The number of carbonyl (C=O) groups is 1. The first kappa shape index (κ1) is 18.5. The van der Waals surface area contributed by atoms with Gasteiger partial charge in [-0.3, -0.25) is 0 Å². The third kappa shape index (κ3) is 3.70. The molecule has 154 valence electrons. The van der Waals surface area contributed by atoms with Crippen molar-refractivity contribution in [2.75, 3.05) is 18.5 Å². The SMILES string of the molecule is O=C(Nc1ccccc1)N[C@@H]1CO[C@@H]2[C@@H]1OC[C@@H]2n1nnnc1Oc1ccccc1. The van der Waals surface area contributed by atoms with Crippen molar-refractivity contribution in [3.05, 3.63) is 60.7 Å². The van der Waals surface area contributed by atoms with Crippen molar-refractivity contribution in [3.8, 4) is 11.8 Å². The van der Waals surface area contributed by atoms with E-state index in [2.05, 4.69) is 26.2 Å². The zero-order valence-electron chi connectivity index (χ0n) is 15.9. The van der Waals surface area contributed by atoms with Gasteiger partial charge in [-0.15, -0.1) is 0 Å². The number of rotatable bonds is 5. The van der Waals surface area contributed by atoms with Gasteiger partial charge in [0.25, 0.3) is 0 Å². The lowest BCUT2D eigenvalue weighted by molar-refractivity contribution is 0.0613. The molecule has 2 fully saturated rings. The highest BCUT2D eigenvalue weighted by atomic mass is 16.6. The summed E-state index contributed by atoms with van der Waals surface area (Å²) in [5, 5.41) is 17.5. The van der Waals surface area contributed by atoms with Gasteiger partial charge in [0.2, 0.25) is 0 Å². The van der Waals surface area contributed by atoms with Crippen LogP contribution in [0.5, 0.6) is 11.8 Å². The molecule has 10 heteroatoms. The molecule has 0 aliphatic carbocycles. The molecule has 5 rings (SSSR count). The van der Waals surface area contributed by atoms with E-state index in [-0.39, 0.29) is 36.3 Å². The number of aromatic nitrogens is 4. The lowest BCUT2D eigenvalue weighted by Gasteiger charge is -2.18. The number of hydrogen-bond donors (Lipinski definition) is 2. The zero-order chi connectivity index (χ0) is 20.3. The molecule has 10 nitrogen and oxygen atoms in total. The van der Waals surface area contributed by atoms with Gasteiger partial charge >= 0.3 is 12.0 Å². The number of nitrogens with one attached hydrogen (secondary N) is 2. The van der Waals surface area contributed by atoms with Crippen molar-refractivity contribution in [1.82, 2.24) is 25.5 Å². The summed E-state index contributed by atoms with van der Waals surface area (Å²) in [6, 6.07) is 18.0. The van der Waals surface area contributed by atoms with Crippen molar-refractivity contribution in [3.63, 3.8) is 0 Å². The van der Waals surface area contributed by atoms with Crippen molar-refractivity contribution >= 4 is 11.7 Å². The highest BCUT2D eigenvalue weighted by Crippen LogP contribution is 2.36. The van der Waals surface area contributed by atoms with Crippen LogP contribution >= 0.6 is 0 Å². The van der Waals surface area contributed by atoms with Crippen molar-refractivity contribution in [2.45, 2.75) is 24.3 Å². The normalized spacial score (nSPS) is 24.9. The number of para-hydroxylation sites is 2. The molecule has 2 saturated heterocycles. The standard InChI is InChI=1S/C20H20N6O4/c27-19(21-13-7-3-1-4-8-13)22-15-11-28-18-16(12-29-17(15)18)26-20(23-24-25-26)30-14-9-5-2-6-10-14/h1-10,15-18H,11-12H2,(H2,21,22,27)/t15-,16+,17-,18+/m1/s1. The number of ether oxygens (including phenoxy) is 3. The Hall–Kier alpha value is -3.50. The highest BCUT2D eigenvalue weighted by Gasteiger charge is 2.50. The van der Waals surface area contributed by atoms with Gasteiger partial charge in [-0.05, 0) is 34.7 Å². The van der Waals surface area contributed by atoms with Crippen LogP contribution in [-0.4, -0.2) is 57.7 Å². The average Bonchev–Trinajstić information content (AvgIpc) is 3.47. The summed E-state index contributed by atoms with van der Waals surface area (Å²) in [4.78, 5) is 12.3. The smallest absolute Gasteiger partial charge is 0.341 e. The predicted molar refractivity (Wildman–Crippen MR) is 105 cm³/mol. The van der Waals surface area contributed by atoms with E-state index < -0.39 is 0 Å². The Morgan fingerprint density at radius 1 is 1.00 bits per heavy atom. The first-order valence-electron chi connectivity index (χ1n) is 9.64. The molecule has 4 atom stereocenters. The summed E-state index contributed by atoms with van der Waals surface area (Å²) >= 11 is 0. The zero-order valence-corrected chi connectivity index (χ0v) is 15.9. The summed E-state index contributed by atoms with van der Waals surface area (Å²) in [6.45, 7) is 0.690.